The Morgan fingerprint density at radius 3 is 2.64 bits per heavy atom. The average Bonchev–Trinajstić information content (AvgIpc) is 2.55. The first-order chi connectivity index (χ1) is 10.7. The van der Waals surface area contributed by atoms with Gasteiger partial charge in [-0.05, 0) is 41.5 Å². The lowest BCUT2D eigenvalue weighted by atomic mass is 10.0. The minimum absolute atomic E-state index is 0.252. The second-order valence-corrected chi connectivity index (χ2v) is 5.15. The van der Waals surface area contributed by atoms with Gasteiger partial charge in [0, 0.05) is 11.8 Å². The summed E-state index contributed by atoms with van der Waals surface area (Å²) < 4.78 is 5.40. The summed E-state index contributed by atoms with van der Waals surface area (Å²) in [7, 11) is 0. The van der Waals surface area contributed by atoms with Crippen LogP contribution < -0.4 is 5.63 Å². The molecule has 0 fully saturated rings. The van der Waals surface area contributed by atoms with E-state index < -0.39 is 5.63 Å². The van der Waals surface area contributed by atoms with Gasteiger partial charge in [0.25, 0.3) is 0 Å². The zero-order valence-electron chi connectivity index (χ0n) is 11.9. The van der Waals surface area contributed by atoms with E-state index in [1.165, 1.54) is 5.56 Å². The van der Waals surface area contributed by atoms with E-state index in [0.717, 1.165) is 16.3 Å². The van der Waals surface area contributed by atoms with Crippen LogP contribution in [0, 0.1) is 6.92 Å². The zero-order valence-corrected chi connectivity index (χ0v) is 11.9. The first-order valence-corrected chi connectivity index (χ1v) is 6.98. The van der Waals surface area contributed by atoms with Crippen LogP contribution in [-0.2, 0) is 0 Å². The van der Waals surface area contributed by atoms with Gasteiger partial charge in [0.2, 0.25) is 5.89 Å². The number of pyridine rings is 1. The fourth-order valence-electron chi connectivity index (χ4n) is 2.66. The maximum atomic E-state index is 12.1. The van der Waals surface area contributed by atoms with Crippen molar-refractivity contribution in [3.63, 3.8) is 0 Å². The molecule has 4 heteroatoms. The lowest BCUT2D eigenvalue weighted by Crippen LogP contribution is -2.04. The van der Waals surface area contributed by atoms with Gasteiger partial charge in [-0.1, -0.05) is 30.3 Å². The molecule has 2 aromatic carbocycles. The van der Waals surface area contributed by atoms with E-state index in [-0.39, 0.29) is 5.52 Å². The molecule has 0 aliphatic heterocycles. The molecular formula is C18H12N2O2. The number of benzene rings is 2. The molecule has 4 aromatic rings. The molecule has 0 aliphatic carbocycles. The molecule has 0 bridgehead atoms. The van der Waals surface area contributed by atoms with Crippen LogP contribution in [0.15, 0.2) is 63.9 Å². The van der Waals surface area contributed by atoms with Crippen LogP contribution in [0.2, 0.25) is 0 Å². The highest BCUT2D eigenvalue weighted by atomic mass is 16.4. The third-order valence-corrected chi connectivity index (χ3v) is 3.76. The lowest BCUT2D eigenvalue weighted by Gasteiger charge is -2.07. The Labute approximate surface area is 126 Å². The molecule has 0 atom stereocenters. The molecule has 0 amide bonds. The van der Waals surface area contributed by atoms with Crippen LogP contribution >= 0.6 is 0 Å². The molecule has 22 heavy (non-hydrogen) atoms. The summed E-state index contributed by atoms with van der Waals surface area (Å²) in [4.78, 5) is 20.6. The molecule has 0 saturated heterocycles. The normalized spacial score (nSPS) is 11.1. The summed E-state index contributed by atoms with van der Waals surface area (Å²) in [5.41, 5.74) is 2.31. The molecule has 0 radical (unpaired) electrons. The van der Waals surface area contributed by atoms with Gasteiger partial charge < -0.3 is 4.42 Å². The summed E-state index contributed by atoms with van der Waals surface area (Å²) in [5, 5.41) is 2.14. The lowest BCUT2D eigenvalue weighted by molar-refractivity contribution is 0.517. The molecule has 4 rings (SSSR count). The molecule has 0 N–H and O–H groups in total. The van der Waals surface area contributed by atoms with Gasteiger partial charge in [0.15, 0.2) is 5.52 Å². The predicted molar refractivity (Wildman–Crippen MR) is 85.8 cm³/mol. The Balaban J connectivity index is 2.08. The Bertz CT molecular complexity index is 1070. The van der Waals surface area contributed by atoms with E-state index in [4.69, 9.17) is 4.42 Å². The Morgan fingerprint density at radius 1 is 0.955 bits per heavy atom. The van der Waals surface area contributed by atoms with E-state index in [2.05, 4.69) is 23.0 Å². The molecule has 2 heterocycles. The number of hydrogen-bond donors (Lipinski definition) is 0. The Hall–Kier alpha value is -3.01. The fraction of sp³-hybridized carbons (Fsp3) is 0.0556. The van der Waals surface area contributed by atoms with Gasteiger partial charge in [-0.15, -0.1) is 0 Å². The van der Waals surface area contributed by atoms with Crippen LogP contribution in [0.5, 0.6) is 0 Å². The third-order valence-electron chi connectivity index (χ3n) is 3.76. The number of hydrogen-bond acceptors (Lipinski definition) is 4. The number of aromatic nitrogens is 2. The second kappa shape index (κ2) is 4.77. The number of aryl methyl sites for hydroxylation is 1. The van der Waals surface area contributed by atoms with Crippen molar-refractivity contribution in [3.05, 3.63) is 70.7 Å². The monoisotopic (exact) mass is 288 g/mol. The summed E-state index contributed by atoms with van der Waals surface area (Å²) in [6.45, 7) is 2.06. The minimum Gasteiger partial charge on any atom is -0.402 e. The third kappa shape index (κ3) is 1.89. The Morgan fingerprint density at radius 2 is 1.77 bits per heavy atom. The van der Waals surface area contributed by atoms with Crippen molar-refractivity contribution in [2.75, 3.05) is 0 Å². The van der Waals surface area contributed by atoms with Gasteiger partial charge in [0.05, 0.1) is 0 Å². The second-order valence-electron chi connectivity index (χ2n) is 5.15. The van der Waals surface area contributed by atoms with Crippen LogP contribution in [0.4, 0.5) is 0 Å². The first-order valence-electron chi connectivity index (χ1n) is 6.98. The summed E-state index contributed by atoms with van der Waals surface area (Å²) >= 11 is 0. The van der Waals surface area contributed by atoms with E-state index in [9.17, 15) is 4.79 Å². The molecule has 106 valence electrons. The molecule has 4 nitrogen and oxygen atoms in total. The van der Waals surface area contributed by atoms with Crippen molar-refractivity contribution in [2.24, 2.45) is 0 Å². The molecule has 0 spiro atoms. The van der Waals surface area contributed by atoms with E-state index >= 15 is 0 Å². The molecule has 2 aromatic heterocycles. The maximum Gasteiger partial charge on any atom is 0.365 e. The van der Waals surface area contributed by atoms with Crippen molar-refractivity contribution < 1.29 is 4.42 Å². The van der Waals surface area contributed by atoms with Crippen LogP contribution in [0.1, 0.15) is 5.56 Å². The van der Waals surface area contributed by atoms with Gasteiger partial charge in [-0.3, -0.25) is 0 Å². The van der Waals surface area contributed by atoms with Crippen molar-refractivity contribution in [2.45, 2.75) is 6.92 Å². The van der Waals surface area contributed by atoms with Gasteiger partial charge in [0.1, 0.15) is 5.52 Å². The highest BCUT2D eigenvalue weighted by molar-refractivity contribution is 5.97. The first kappa shape index (κ1) is 12.7. The zero-order chi connectivity index (χ0) is 15.1. The SMILES string of the molecule is Cc1ccc(-c2nc3cccnc3c(=O)o2)c2ccccc12. The van der Waals surface area contributed by atoms with E-state index in [0.29, 0.717) is 11.4 Å². The van der Waals surface area contributed by atoms with Crippen LogP contribution in [0.25, 0.3) is 33.3 Å². The van der Waals surface area contributed by atoms with Crippen molar-refractivity contribution >= 4 is 21.8 Å². The molecular weight excluding hydrogens is 276 g/mol. The average molecular weight is 288 g/mol. The number of rotatable bonds is 1. The van der Waals surface area contributed by atoms with Gasteiger partial charge >= 0.3 is 5.63 Å². The van der Waals surface area contributed by atoms with Crippen molar-refractivity contribution in [3.8, 4) is 11.5 Å². The molecule has 0 saturated carbocycles. The number of nitrogens with zero attached hydrogens (tertiary/aromatic N) is 2. The van der Waals surface area contributed by atoms with Crippen molar-refractivity contribution in [1.29, 1.82) is 0 Å². The standard InChI is InChI=1S/C18H12N2O2/c1-11-8-9-14(13-6-3-2-5-12(11)13)17-20-15-7-4-10-19-16(15)18(21)22-17/h2-10H,1H3. The van der Waals surface area contributed by atoms with Crippen LogP contribution in [-0.4, -0.2) is 9.97 Å². The highest BCUT2D eigenvalue weighted by Gasteiger charge is 2.12. The molecule has 0 aliphatic rings. The largest absolute Gasteiger partial charge is 0.402 e. The van der Waals surface area contributed by atoms with Crippen LogP contribution in [0.3, 0.4) is 0 Å². The quantitative estimate of drug-likeness (QED) is 0.535. The summed E-state index contributed by atoms with van der Waals surface area (Å²) in [6.07, 6.45) is 1.56. The maximum absolute atomic E-state index is 12.1. The van der Waals surface area contributed by atoms with E-state index in [1.54, 1.807) is 18.3 Å². The van der Waals surface area contributed by atoms with Gasteiger partial charge in [-0.2, -0.15) is 0 Å². The van der Waals surface area contributed by atoms with Gasteiger partial charge in [-0.25, -0.2) is 14.8 Å². The summed E-state index contributed by atoms with van der Waals surface area (Å²) in [5.74, 6) is 0.321. The smallest absolute Gasteiger partial charge is 0.365 e. The topological polar surface area (TPSA) is 56.0 Å². The highest BCUT2D eigenvalue weighted by Crippen LogP contribution is 2.29. The predicted octanol–water partition coefficient (Wildman–Crippen LogP) is 3.71. The number of fused-ring (bicyclic) bond motifs is 2. The van der Waals surface area contributed by atoms with E-state index in [1.807, 2.05) is 30.3 Å². The Kier molecular flexibility index (Phi) is 2.76. The summed E-state index contributed by atoms with van der Waals surface area (Å²) in [6, 6.07) is 15.5. The van der Waals surface area contributed by atoms with Crippen molar-refractivity contribution in [1.82, 2.24) is 9.97 Å². The minimum atomic E-state index is -0.467. The fourth-order valence-corrected chi connectivity index (χ4v) is 2.66. The molecule has 0 unspecified atom stereocenters.